The van der Waals surface area contributed by atoms with Crippen LogP contribution in [-0.2, 0) is 0 Å². The van der Waals surface area contributed by atoms with Crippen molar-refractivity contribution in [1.82, 2.24) is 19.6 Å². The van der Waals surface area contributed by atoms with Crippen molar-refractivity contribution < 1.29 is 19.2 Å². The van der Waals surface area contributed by atoms with Gasteiger partial charge in [0, 0.05) is 77.3 Å². The fraction of sp³-hybridized carbons (Fsp3) is 0.325. The van der Waals surface area contributed by atoms with E-state index in [4.69, 9.17) is 5.41 Å². The van der Waals surface area contributed by atoms with Gasteiger partial charge in [0.05, 0.1) is 12.0 Å². The Morgan fingerprint density at radius 1 is 0.740 bits per heavy atom. The fourth-order valence-electron chi connectivity index (χ4n) is 7.59. The fourth-order valence-corrected chi connectivity index (χ4v) is 7.59. The Labute approximate surface area is 292 Å². The molecule has 0 saturated heterocycles. The number of benzene rings is 4. The van der Waals surface area contributed by atoms with E-state index in [1.807, 2.05) is 49.5 Å². The zero-order valence-corrected chi connectivity index (χ0v) is 28.4. The van der Waals surface area contributed by atoms with Crippen LogP contribution in [0.5, 0.6) is 0 Å². The highest BCUT2D eigenvalue weighted by Crippen LogP contribution is 2.36. The molecule has 0 bridgehead atoms. The predicted octanol–water partition coefficient (Wildman–Crippen LogP) is 5.87. The summed E-state index contributed by atoms with van der Waals surface area (Å²) in [6.45, 7) is 8.06. The molecule has 1 aliphatic carbocycles. The highest BCUT2D eigenvalue weighted by Gasteiger charge is 2.35. The minimum atomic E-state index is -0.314. The van der Waals surface area contributed by atoms with E-state index >= 15 is 0 Å². The zero-order valence-electron chi connectivity index (χ0n) is 28.4. The van der Waals surface area contributed by atoms with Crippen LogP contribution in [0.25, 0.3) is 21.5 Å². The van der Waals surface area contributed by atoms with Gasteiger partial charge in [-0.2, -0.15) is 0 Å². The third kappa shape index (κ3) is 5.99. The van der Waals surface area contributed by atoms with Crippen LogP contribution in [0.15, 0.2) is 79.5 Å². The third-order valence-corrected chi connectivity index (χ3v) is 10.5. The molecule has 1 saturated carbocycles. The number of nitrogens with one attached hydrogen (secondary N) is 1. The van der Waals surface area contributed by atoms with Crippen LogP contribution in [0.2, 0.25) is 0 Å². The molecule has 0 atom stereocenters. The first-order chi connectivity index (χ1) is 24.3. The maximum absolute atomic E-state index is 13.6. The summed E-state index contributed by atoms with van der Waals surface area (Å²) in [6, 6.07) is 20.2. The second kappa shape index (κ2) is 14.0. The summed E-state index contributed by atoms with van der Waals surface area (Å²) in [6.07, 6.45) is 7.20. The van der Waals surface area contributed by atoms with Crippen molar-refractivity contribution in [3.63, 3.8) is 0 Å². The molecule has 4 aromatic carbocycles. The largest absolute Gasteiger partial charge is 0.308 e. The van der Waals surface area contributed by atoms with E-state index in [2.05, 4.69) is 16.4 Å². The van der Waals surface area contributed by atoms with Gasteiger partial charge in [-0.1, -0.05) is 49.4 Å². The van der Waals surface area contributed by atoms with Gasteiger partial charge in [0.1, 0.15) is 0 Å². The second-order valence-electron chi connectivity index (χ2n) is 13.6. The lowest BCUT2D eigenvalue weighted by Gasteiger charge is -2.34. The van der Waals surface area contributed by atoms with Crippen molar-refractivity contribution in [2.75, 3.05) is 57.8 Å². The van der Waals surface area contributed by atoms with Gasteiger partial charge in [-0.25, -0.2) is 0 Å². The van der Waals surface area contributed by atoms with E-state index in [9.17, 15) is 19.2 Å². The van der Waals surface area contributed by atoms with E-state index in [1.54, 1.807) is 29.2 Å². The average molecular weight is 671 g/mol. The highest BCUT2D eigenvalue weighted by atomic mass is 16.2. The number of hydrogen-bond donors (Lipinski definition) is 1. The van der Waals surface area contributed by atoms with Crippen LogP contribution in [-0.4, -0.2) is 102 Å². The van der Waals surface area contributed by atoms with Gasteiger partial charge >= 0.3 is 0 Å². The van der Waals surface area contributed by atoms with Crippen LogP contribution in [0, 0.1) is 11.3 Å². The van der Waals surface area contributed by atoms with Gasteiger partial charge in [-0.05, 0) is 81.0 Å². The second-order valence-corrected chi connectivity index (χ2v) is 13.6. The lowest BCUT2D eigenvalue weighted by atomic mass is 9.85. The Kier molecular flexibility index (Phi) is 9.31. The molecule has 0 aromatic heterocycles. The molecule has 0 unspecified atom stereocenters. The van der Waals surface area contributed by atoms with E-state index in [-0.39, 0.29) is 30.2 Å². The van der Waals surface area contributed by atoms with Crippen LogP contribution < -0.4 is 4.90 Å². The summed E-state index contributed by atoms with van der Waals surface area (Å²) in [5.74, 6) is -0.445. The lowest BCUT2D eigenvalue weighted by Crippen LogP contribution is -2.46. The van der Waals surface area contributed by atoms with Crippen LogP contribution in [0.1, 0.15) is 67.1 Å². The SMILES string of the molecule is C=CN(C=N)c1ccc2c3c(cccc13)C(=O)N(CCN(C)CCCN(CCN1C(=O)c3cccc4cccc(c34)C1=O)CC1CCC1)C2=O. The summed E-state index contributed by atoms with van der Waals surface area (Å²) < 4.78 is 0. The Balaban J connectivity index is 0.960. The van der Waals surface area contributed by atoms with Crippen molar-refractivity contribution in [1.29, 1.82) is 5.41 Å². The monoisotopic (exact) mass is 670 g/mol. The smallest absolute Gasteiger partial charge is 0.261 e. The molecule has 2 aliphatic heterocycles. The molecule has 0 radical (unpaired) electrons. The van der Waals surface area contributed by atoms with Gasteiger partial charge in [0.2, 0.25) is 0 Å². The summed E-state index contributed by atoms with van der Waals surface area (Å²) in [5, 5.41) is 10.7. The standard InChI is InChI=1S/C40H42N6O4/c1-3-44(26-41)34-18-17-33-36-29(34)13-7-16-32(36)39(49)45(40(33)50)23-21-42(2)19-8-20-43(25-27-9-4-10-27)22-24-46-37(47)30-14-5-11-28-12-6-15-31(35(28)30)38(46)48/h3,5-7,11-18,26-27,41H,1,4,8-10,19-25H2,2H3. The topological polar surface area (TPSA) is 108 Å². The molecular weight excluding hydrogens is 628 g/mol. The van der Waals surface area contributed by atoms with Crippen molar-refractivity contribution in [2.45, 2.75) is 25.7 Å². The molecule has 50 heavy (non-hydrogen) atoms. The molecule has 4 amide bonds. The first-order valence-corrected chi connectivity index (χ1v) is 17.4. The van der Waals surface area contributed by atoms with Crippen LogP contribution >= 0.6 is 0 Å². The predicted molar refractivity (Wildman–Crippen MR) is 196 cm³/mol. The normalized spacial score (nSPS) is 15.8. The van der Waals surface area contributed by atoms with Crippen LogP contribution in [0.3, 0.4) is 0 Å². The molecule has 4 aromatic rings. The lowest BCUT2D eigenvalue weighted by molar-refractivity contribution is 0.0578. The molecule has 1 N–H and O–H groups in total. The number of amides is 4. The molecule has 2 heterocycles. The Bertz CT molecular complexity index is 1960. The van der Waals surface area contributed by atoms with E-state index in [0.717, 1.165) is 48.6 Å². The van der Waals surface area contributed by atoms with Gasteiger partial charge in [-0.3, -0.25) is 34.4 Å². The molecule has 256 valence electrons. The number of rotatable bonds is 15. The number of likely N-dealkylation sites (N-methyl/N-ethyl adjacent to an activating group) is 1. The zero-order chi connectivity index (χ0) is 34.9. The minimum Gasteiger partial charge on any atom is -0.308 e. The summed E-state index contributed by atoms with van der Waals surface area (Å²) >= 11 is 0. The van der Waals surface area contributed by atoms with E-state index < -0.39 is 0 Å². The van der Waals surface area contributed by atoms with Gasteiger partial charge in [-0.15, -0.1) is 0 Å². The van der Waals surface area contributed by atoms with E-state index in [0.29, 0.717) is 58.9 Å². The van der Waals surface area contributed by atoms with Gasteiger partial charge in [0.15, 0.2) is 0 Å². The molecule has 1 fully saturated rings. The van der Waals surface area contributed by atoms with Crippen molar-refractivity contribution in [3.05, 3.63) is 102 Å². The van der Waals surface area contributed by atoms with Crippen LogP contribution in [0.4, 0.5) is 5.69 Å². The Morgan fingerprint density at radius 2 is 1.32 bits per heavy atom. The first kappa shape index (κ1) is 33.3. The average Bonchev–Trinajstić information content (AvgIpc) is 3.11. The maximum atomic E-state index is 13.6. The number of imide groups is 2. The number of nitrogens with zero attached hydrogens (tertiary/aromatic N) is 5. The first-order valence-electron chi connectivity index (χ1n) is 17.4. The highest BCUT2D eigenvalue weighted by molar-refractivity contribution is 6.27. The van der Waals surface area contributed by atoms with Crippen molar-refractivity contribution >= 4 is 57.2 Å². The molecule has 10 heteroatoms. The Morgan fingerprint density at radius 3 is 1.90 bits per heavy atom. The number of carbonyl (C=O) groups is 4. The minimum absolute atomic E-state index is 0.228. The van der Waals surface area contributed by atoms with Crippen molar-refractivity contribution in [2.24, 2.45) is 5.92 Å². The summed E-state index contributed by atoms with van der Waals surface area (Å²) in [7, 11) is 2.00. The molecule has 0 spiro atoms. The van der Waals surface area contributed by atoms with Gasteiger partial charge in [0.25, 0.3) is 23.6 Å². The summed E-state index contributed by atoms with van der Waals surface area (Å²) in [5.41, 5.74) is 2.82. The quantitative estimate of drug-likeness (QED) is 0.0959. The summed E-state index contributed by atoms with van der Waals surface area (Å²) in [4.78, 5) is 63.0. The Hall–Kier alpha value is -5.19. The molecule has 3 aliphatic rings. The molecule has 10 nitrogen and oxygen atoms in total. The number of hydrogen-bond acceptors (Lipinski definition) is 7. The van der Waals surface area contributed by atoms with E-state index in [1.165, 1.54) is 35.3 Å². The molecular formula is C40H42N6O4. The van der Waals surface area contributed by atoms with Gasteiger partial charge < -0.3 is 14.7 Å². The maximum Gasteiger partial charge on any atom is 0.261 e. The van der Waals surface area contributed by atoms with Crippen molar-refractivity contribution in [3.8, 4) is 0 Å². The number of anilines is 1. The molecule has 7 rings (SSSR count). The third-order valence-electron chi connectivity index (χ3n) is 10.5. The number of carbonyl (C=O) groups excluding carboxylic acids is 4.